The molecule has 39 heavy (non-hydrogen) atoms. The van der Waals surface area contributed by atoms with Crippen LogP contribution in [0.25, 0.3) is 0 Å². The molecule has 3 rings (SSSR count). The molecular weight excluding hydrogens is 540 g/mol. The van der Waals surface area contributed by atoms with Gasteiger partial charge in [0.1, 0.15) is 23.7 Å². The first-order chi connectivity index (χ1) is 18.3. The van der Waals surface area contributed by atoms with Crippen LogP contribution in [0.4, 0.5) is 0 Å². The Hall–Kier alpha value is -2.60. The van der Waals surface area contributed by atoms with Gasteiger partial charge in [-0.15, -0.1) is 0 Å². The second kappa shape index (κ2) is 13.2. The van der Waals surface area contributed by atoms with E-state index in [-0.39, 0.29) is 37.5 Å². The summed E-state index contributed by atoms with van der Waals surface area (Å²) in [7, 11) is -3.71. The highest BCUT2D eigenvalue weighted by Gasteiger charge is 2.41. The van der Waals surface area contributed by atoms with Crippen LogP contribution in [0.3, 0.4) is 0 Å². The monoisotopic (exact) mass is 578 g/mol. The van der Waals surface area contributed by atoms with Crippen molar-refractivity contribution in [3.8, 4) is 11.5 Å². The Bertz CT molecular complexity index is 1250. The average Bonchev–Trinajstić information content (AvgIpc) is 2.88. The lowest BCUT2D eigenvalue weighted by atomic mass is 9.85. The van der Waals surface area contributed by atoms with E-state index in [2.05, 4.69) is 4.72 Å². The minimum Gasteiger partial charge on any atom is -0.489 e. The van der Waals surface area contributed by atoms with Gasteiger partial charge in [-0.25, -0.2) is 17.9 Å². The van der Waals surface area contributed by atoms with Gasteiger partial charge in [0.25, 0.3) is 0 Å². The Kier molecular flexibility index (Phi) is 10.4. The van der Waals surface area contributed by atoms with Gasteiger partial charge >= 0.3 is 5.97 Å². The van der Waals surface area contributed by atoms with E-state index >= 15 is 0 Å². The van der Waals surface area contributed by atoms with E-state index in [9.17, 15) is 23.1 Å². The van der Waals surface area contributed by atoms with Crippen molar-refractivity contribution in [1.82, 2.24) is 4.72 Å². The van der Waals surface area contributed by atoms with E-state index in [1.165, 1.54) is 11.8 Å². The Balaban J connectivity index is 1.62. The second-order valence-corrected chi connectivity index (χ2v) is 13.3. The standard InChI is InChI=1S/C28H38N2O7S2/c1-27(2)17-21(23-16-22(11-12-24(23)37-27)36-18-20-8-5-4-6-9-20)19-39(34,35)30-14-7-10-25(31)28(29,26(32)33)13-15-38-3/h4-6,8-9,11-12,16,21,30H,7,10,13-15,17-19,29H2,1-3H3,(H,32,33). The molecule has 0 saturated carbocycles. The predicted molar refractivity (Wildman–Crippen MR) is 153 cm³/mol. The van der Waals surface area contributed by atoms with E-state index in [0.29, 0.717) is 30.3 Å². The number of carboxylic acid groups (broad SMARTS) is 1. The number of carbonyl (C=O) groups excluding carboxylic acids is 1. The topological polar surface area (TPSA) is 145 Å². The van der Waals surface area contributed by atoms with Crippen LogP contribution in [0.2, 0.25) is 0 Å². The Morgan fingerprint density at radius 3 is 2.62 bits per heavy atom. The van der Waals surface area contributed by atoms with E-state index in [4.69, 9.17) is 15.2 Å². The first-order valence-corrected chi connectivity index (χ1v) is 15.9. The van der Waals surface area contributed by atoms with E-state index in [1.807, 2.05) is 62.4 Å². The van der Waals surface area contributed by atoms with Crippen LogP contribution in [0, 0.1) is 0 Å². The van der Waals surface area contributed by atoms with Gasteiger partial charge in [-0.2, -0.15) is 11.8 Å². The molecule has 9 nitrogen and oxygen atoms in total. The van der Waals surface area contributed by atoms with Gasteiger partial charge in [0.05, 0.1) is 5.75 Å². The summed E-state index contributed by atoms with van der Waals surface area (Å²) >= 11 is 1.40. The summed E-state index contributed by atoms with van der Waals surface area (Å²) in [6.07, 6.45) is 2.33. The molecule has 214 valence electrons. The van der Waals surface area contributed by atoms with Crippen molar-refractivity contribution in [3.05, 3.63) is 59.7 Å². The van der Waals surface area contributed by atoms with Gasteiger partial charge in [0.2, 0.25) is 10.0 Å². The first-order valence-electron chi connectivity index (χ1n) is 12.9. The molecule has 0 saturated heterocycles. The zero-order valence-electron chi connectivity index (χ0n) is 22.6. The van der Waals surface area contributed by atoms with E-state index in [1.54, 1.807) is 6.26 Å². The third kappa shape index (κ3) is 8.69. The van der Waals surface area contributed by atoms with Crippen LogP contribution in [-0.4, -0.2) is 60.7 Å². The molecule has 0 amide bonds. The van der Waals surface area contributed by atoms with Crippen molar-refractivity contribution in [1.29, 1.82) is 0 Å². The highest BCUT2D eigenvalue weighted by molar-refractivity contribution is 7.98. The SMILES string of the molecule is CSCCC(N)(C(=O)O)C(=O)CCCNS(=O)(=O)CC1CC(C)(C)Oc2ccc(OCc3ccccc3)cc21. The number of Topliss-reactive ketones (excluding diaryl/α,β-unsaturated/α-hetero) is 1. The van der Waals surface area contributed by atoms with Gasteiger partial charge in [-0.1, -0.05) is 30.3 Å². The maximum Gasteiger partial charge on any atom is 0.331 e. The largest absolute Gasteiger partial charge is 0.489 e. The van der Waals surface area contributed by atoms with E-state index < -0.39 is 32.9 Å². The summed E-state index contributed by atoms with van der Waals surface area (Å²) in [5.74, 6) is -0.780. The van der Waals surface area contributed by atoms with Crippen molar-refractivity contribution in [3.63, 3.8) is 0 Å². The lowest BCUT2D eigenvalue weighted by Crippen LogP contribution is -2.55. The highest BCUT2D eigenvalue weighted by Crippen LogP contribution is 2.43. The number of thioether (sulfide) groups is 1. The van der Waals surface area contributed by atoms with Gasteiger partial charge < -0.3 is 20.3 Å². The number of carbonyl (C=O) groups is 2. The van der Waals surface area contributed by atoms with Gasteiger partial charge in [-0.3, -0.25) is 4.79 Å². The van der Waals surface area contributed by atoms with Gasteiger partial charge in [0, 0.05) is 24.4 Å². The molecule has 2 aromatic rings. The smallest absolute Gasteiger partial charge is 0.331 e. The van der Waals surface area contributed by atoms with Crippen molar-refractivity contribution in [2.45, 2.75) is 63.2 Å². The van der Waals surface area contributed by atoms with Crippen molar-refractivity contribution >= 4 is 33.5 Å². The number of sulfonamides is 1. The molecule has 1 aliphatic rings. The van der Waals surface area contributed by atoms with Crippen LogP contribution in [0.1, 0.15) is 56.6 Å². The average molecular weight is 579 g/mol. The lowest BCUT2D eigenvalue weighted by molar-refractivity contribution is -0.148. The Morgan fingerprint density at radius 2 is 1.95 bits per heavy atom. The first kappa shape index (κ1) is 30.9. The molecule has 1 aliphatic heterocycles. The minimum atomic E-state index is -3.71. The third-order valence-electron chi connectivity index (χ3n) is 6.70. The predicted octanol–water partition coefficient (Wildman–Crippen LogP) is 3.71. The fraction of sp³-hybridized carbons (Fsp3) is 0.500. The number of hydrogen-bond acceptors (Lipinski definition) is 8. The fourth-order valence-electron chi connectivity index (χ4n) is 4.61. The Morgan fingerprint density at radius 1 is 1.23 bits per heavy atom. The number of ether oxygens (including phenoxy) is 2. The number of benzene rings is 2. The molecule has 0 aliphatic carbocycles. The van der Waals surface area contributed by atoms with Crippen LogP contribution in [0.5, 0.6) is 11.5 Å². The van der Waals surface area contributed by atoms with Crippen molar-refractivity contribution in [2.75, 3.05) is 24.3 Å². The fourth-order valence-corrected chi connectivity index (χ4v) is 6.54. The number of hydrogen-bond donors (Lipinski definition) is 3. The normalized spacial score (nSPS) is 17.9. The molecule has 0 radical (unpaired) electrons. The summed E-state index contributed by atoms with van der Waals surface area (Å²) in [5, 5.41) is 9.45. The van der Waals surface area contributed by atoms with Crippen molar-refractivity contribution in [2.24, 2.45) is 5.73 Å². The van der Waals surface area contributed by atoms with Crippen LogP contribution >= 0.6 is 11.8 Å². The molecule has 11 heteroatoms. The van der Waals surface area contributed by atoms with Crippen LogP contribution in [-0.2, 0) is 26.2 Å². The molecule has 2 aromatic carbocycles. The maximum atomic E-state index is 13.0. The summed E-state index contributed by atoms with van der Waals surface area (Å²) in [6.45, 7) is 4.24. The molecule has 0 aromatic heterocycles. The number of nitrogens with one attached hydrogen (secondary N) is 1. The van der Waals surface area contributed by atoms with Crippen LogP contribution < -0.4 is 19.9 Å². The maximum absolute atomic E-state index is 13.0. The van der Waals surface area contributed by atoms with Gasteiger partial charge in [0.15, 0.2) is 11.3 Å². The number of rotatable bonds is 15. The molecule has 2 atom stereocenters. The Labute approximate surface area is 234 Å². The van der Waals surface area contributed by atoms with Gasteiger partial charge in [-0.05, 0) is 68.9 Å². The number of nitrogens with two attached hydrogens (primary N) is 1. The summed E-state index contributed by atoms with van der Waals surface area (Å²) in [5.41, 5.74) is 5.16. The summed E-state index contributed by atoms with van der Waals surface area (Å²) in [4.78, 5) is 24.1. The molecule has 4 N–H and O–H groups in total. The number of carboxylic acids is 1. The third-order valence-corrected chi connectivity index (χ3v) is 8.79. The van der Waals surface area contributed by atoms with Crippen molar-refractivity contribution < 1.29 is 32.6 Å². The number of ketones is 1. The molecule has 2 unspecified atom stereocenters. The molecule has 0 bridgehead atoms. The molecule has 0 spiro atoms. The quantitative estimate of drug-likeness (QED) is 0.213. The number of aliphatic carboxylic acids is 1. The highest BCUT2D eigenvalue weighted by atomic mass is 32.2. The zero-order chi connectivity index (χ0) is 28.7. The molecule has 1 heterocycles. The second-order valence-electron chi connectivity index (χ2n) is 10.5. The minimum absolute atomic E-state index is 0.00595. The van der Waals surface area contributed by atoms with Crippen LogP contribution in [0.15, 0.2) is 48.5 Å². The van der Waals surface area contributed by atoms with E-state index in [0.717, 1.165) is 11.1 Å². The zero-order valence-corrected chi connectivity index (χ0v) is 24.3. The summed E-state index contributed by atoms with van der Waals surface area (Å²) in [6, 6.07) is 15.2. The lowest BCUT2D eigenvalue weighted by Gasteiger charge is -2.37. The molecular formula is C28H38N2O7S2. The number of fused-ring (bicyclic) bond motifs is 1. The summed E-state index contributed by atoms with van der Waals surface area (Å²) < 4.78 is 40.7. The molecule has 0 fully saturated rings.